The van der Waals surface area contributed by atoms with Crippen molar-refractivity contribution < 1.29 is 4.39 Å². The highest BCUT2D eigenvalue weighted by Gasteiger charge is 2.19. The second-order valence-corrected chi connectivity index (χ2v) is 7.25. The smallest absolute Gasteiger partial charge is 0.123 e. The minimum absolute atomic E-state index is 0.175. The molecule has 0 N–H and O–H groups in total. The molecule has 2 nitrogen and oxygen atoms in total. The molecule has 23 heavy (non-hydrogen) atoms. The van der Waals surface area contributed by atoms with Gasteiger partial charge >= 0.3 is 0 Å². The molecule has 0 saturated carbocycles. The fourth-order valence-corrected chi connectivity index (χ4v) is 3.05. The first kappa shape index (κ1) is 15.9. The summed E-state index contributed by atoms with van der Waals surface area (Å²) in [6, 6.07) is 15.7. The first-order valence-electron chi connectivity index (χ1n) is 8.29. The van der Waals surface area contributed by atoms with Gasteiger partial charge in [-0.15, -0.1) is 0 Å². The lowest BCUT2D eigenvalue weighted by molar-refractivity contribution is 0.590. The van der Waals surface area contributed by atoms with Crippen molar-refractivity contribution in [3.05, 3.63) is 59.9 Å². The second-order valence-electron chi connectivity index (χ2n) is 7.25. The molecule has 0 spiro atoms. The third-order valence-electron chi connectivity index (χ3n) is 4.57. The molecule has 3 rings (SSSR count). The topological polar surface area (TPSA) is 6.48 Å². The normalized spacial score (nSPS) is 15.8. The molecule has 0 atom stereocenters. The standard InChI is InChI=1S/C20H25FN2/c1-20(2,3)16-4-8-18(9-5-16)22-12-14-23(15-13-22)19-10-6-17(21)7-11-19/h4-11H,12-15H2,1-3H3. The molecular weight excluding hydrogens is 287 g/mol. The first-order chi connectivity index (χ1) is 10.9. The molecule has 0 radical (unpaired) electrons. The predicted molar refractivity (Wildman–Crippen MR) is 96.0 cm³/mol. The maximum absolute atomic E-state index is 13.0. The number of rotatable bonds is 2. The minimum Gasteiger partial charge on any atom is -0.368 e. The fourth-order valence-electron chi connectivity index (χ4n) is 3.05. The summed E-state index contributed by atoms with van der Waals surface area (Å²) in [7, 11) is 0. The van der Waals surface area contributed by atoms with Crippen molar-refractivity contribution in [2.75, 3.05) is 36.0 Å². The summed E-state index contributed by atoms with van der Waals surface area (Å²) in [6.45, 7) is 10.6. The van der Waals surface area contributed by atoms with Gasteiger partial charge in [0.25, 0.3) is 0 Å². The third kappa shape index (κ3) is 3.66. The second kappa shape index (κ2) is 6.23. The summed E-state index contributed by atoms with van der Waals surface area (Å²) >= 11 is 0. The molecule has 0 amide bonds. The van der Waals surface area contributed by atoms with Crippen LogP contribution in [-0.2, 0) is 5.41 Å². The molecule has 0 unspecified atom stereocenters. The van der Waals surface area contributed by atoms with E-state index in [4.69, 9.17) is 0 Å². The lowest BCUT2D eigenvalue weighted by Crippen LogP contribution is -2.46. The van der Waals surface area contributed by atoms with E-state index < -0.39 is 0 Å². The van der Waals surface area contributed by atoms with Crippen molar-refractivity contribution in [1.29, 1.82) is 0 Å². The van der Waals surface area contributed by atoms with Crippen LogP contribution in [0.25, 0.3) is 0 Å². The zero-order valence-corrected chi connectivity index (χ0v) is 14.2. The van der Waals surface area contributed by atoms with Gasteiger partial charge in [0, 0.05) is 37.6 Å². The zero-order valence-electron chi connectivity index (χ0n) is 14.2. The number of benzene rings is 2. The van der Waals surface area contributed by atoms with Crippen LogP contribution in [0.3, 0.4) is 0 Å². The summed E-state index contributed by atoms with van der Waals surface area (Å²) in [4.78, 5) is 4.74. The first-order valence-corrected chi connectivity index (χ1v) is 8.29. The number of anilines is 2. The van der Waals surface area contributed by atoms with E-state index >= 15 is 0 Å². The average molecular weight is 312 g/mol. The molecular formula is C20H25FN2. The van der Waals surface area contributed by atoms with Crippen LogP contribution in [0.15, 0.2) is 48.5 Å². The average Bonchev–Trinajstić information content (AvgIpc) is 2.55. The van der Waals surface area contributed by atoms with Gasteiger partial charge < -0.3 is 9.80 Å². The lowest BCUT2D eigenvalue weighted by Gasteiger charge is -2.37. The van der Waals surface area contributed by atoms with Crippen LogP contribution in [0.2, 0.25) is 0 Å². The minimum atomic E-state index is -0.175. The van der Waals surface area contributed by atoms with Crippen LogP contribution in [0.4, 0.5) is 15.8 Å². The van der Waals surface area contributed by atoms with Gasteiger partial charge in [-0.2, -0.15) is 0 Å². The van der Waals surface area contributed by atoms with E-state index in [1.54, 1.807) is 0 Å². The summed E-state index contributed by atoms with van der Waals surface area (Å²) in [6.07, 6.45) is 0. The van der Waals surface area contributed by atoms with Gasteiger partial charge in [0.1, 0.15) is 5.82 Å². The molecule has 1 heterocycles. The van der Waals surface area contributed by atoms with Crippen molar-refractivity contribution in [3.8, 4) is 0 Å². The zero-order chi connectivity index (χ0) is 16.4. The van der Waals surface area contributed by atoms with Gasteiger partial charge in [0.2, 0.25) is 0 Å². The summed E-state index contributed by atoms with van der Waals surface area (Å²) in [5, 5.41) is 0. The molecule has 1 saturated heterocycles. The maximum atomic E-state index is 13.0. The van der Waals surface area contributed by atoms with E-state index in [0.29, 0.717) is 0 Å². The monoisotopic (exact) mass is 312 g/mol. The van der Waals surface area contributed by atoms with E-state index in [1.165, 1.54) is 23.4 Å². The largest absolute Gasteiger partial charge is 0.368 e. The van der Waals surface area contributed by atoms with Gasteiger partial charge in [0.15, 0.2) is 0 Å². The van der Waals surface area contributed by atoms with Crippen molar-refractivity contribution in [3.63, 3.8) is 0 Å². The number of hydrogen-bond acceptors (Lipinski definition) is 2. The maximum Gasteiger partial charge on any atom is 0.123 e. The Labute approximate surface area is 138 Å². The van der Waals surface area contributed by atoms with Crippen LogP contribution in [0.1, 0.15) is 26.3 Å². The molecule has 0 aliphatic carbocycles. The Hall–Kier alpha value is -2.03. The number of nitrogens with zero attached hydrogens (tertiary/aromatic N) is 2. The Bertz CT molecular complexity index is 633. The van der Waals surface area contributed by atoms with Crippen LogP contribution in [0, 0.1) is 5.82 Å². The van der Waals surface area contributed by atoms with Crippen molar-refractivity contribution in [2.24, 2.45) is 0 Å². The highest BCUT2D eigenvalue weighted by atomic mass is 19.1. The summed E-state index contributed by atoms with van der Waals surface area (Å²) < 4.78 is 13.0. The van der Waals surface area contributed by atoms with Crippen LogP contribution in [-0.4, -0.2) is 26.2 Å². The summed E-state index contributed by atoms with van der Waals surface area (Å²) in [5.41, 5.74) is 3.96. The molecule has 3 heteroatoms. The number of hydrogen-bond donors (Lipinski definition) is 0. The molecule has 2 aromatic rings. The highest BCUT2D eigenvalue weighted by Crippen LogP contribution is 2.26. The number of halogens is 1. The lowest BCUT2D eigenvalue weighted by atomic mass is 9.87. The summed E-state index contributed by atoms with van der Waals surface area (Å²) in [5.74, 6) is -0.175. The SMILES string of the molecule is CC(C)(C)c1ccc(N2CCN(c3ccc(F)cc3)CC2)cc1. The van der Waals surface area contributed by atoms with Crippen molar-refractivity contribution >= 4 is 11.4 Å². The van der Waals surface area contributed by atoms with E-state index in [1.807, 2.05) is 12.1 Å². The van der Waals surface area contributed by atoms with Crippen LogP contribution >= 0.6 is 0 Å². The van der Waals surface area contributed by atoms with Crippen molar-refractivity contribution in [1.82, 2.24) is 0 Å². The predicted octanol–water partition coefficient (Wildman–Crippen LogP) is 4.45. The molecule has 122 valence electrons. The van der Waals surface area contributed by atoms with Crippen molar-refractivity contribution in [2.45, 2.75) is 26.2 Å². The van der Waals surface area contributed by atoms with Crippen LogP contribution < -0.4 is 9.80 Å². The van der Waals surface area contributed by atoms with E-state index in [-0.39, 0.29) is 11.2 Å². The van der Waals surface area contributed by atoms with E-state index in [2.05, 4.69) is 54.8 Å². The molecule has 1 aliphatic heterocycles. The van der Waals surface area contributed by atoms with Gasteiger partial charge in [-0.25, -0.2) is 4.39 Å². The Morgan fingerprint density at radius 2 is 1.09 bits per heavy atom. The van der Waals surface area contributed by atoms with Gasteiger partial charge in [-0.1, -0.05) is 32.9 Å². The Morgan fingerprint density at radius 1 is 0.696 bits per heavy atom. The van der Waals surface area contributed by atoms with E-state index in [0.717, 1.165) is 31.9 Å². The van der Waals surface area contributed by atoms with Gasteiger partial charge in [-0.3, -0.25) is 0 Å². The van der Waals surface area contributed by atoms with Gasteiger partial charge in [-0.05, 0) is 47.4 Å². The molecule has 0 bridgehead atoms. The Kier molecular flexibility index (Phi) is 4.29. The highest BCUT2D eigenvalue weighted by molar-refractivity contribution is 5.52. The quantitative estimate of drug-likeness (QED) is 0.808. The van der Waals surface area contributed by atoms with Crippen LogP contribution in [0.5, 0.6) is 0 Å². The molecule has 1 aliphatic rings. The molecule has 1 fully saturated rings. The fraction of sp³-hybridized carbons (Fsp3) is 0.400. The van der Waals surface area contributed by atoms with E-state index in [9.17, 15) is 4.39 Å². The molecule has 2 aromatic carbocycles. The molecule has 0 aromatic heterocycles. The van der Waals surface area contributed by atoms with Gasteiger partial charge in [0.05, 0.1) is 0 Å². The Morgan fingerprint density at radius 3 is 1.48 bits per heavy atom. The number of piperazine rings is 1. The Balaban J connectivity index is 1.63. The third-order valence-corrected chi connectivity index (χ3v) is 4.57.